The van der Waals surface area contributed by atoms with E-state index in [0.717, 1.165) is 23.7 Å². The van der Waals surface area contributed by atoms with Crippen molar-refractivity contribution in [3.8, 4) is 10.6 Å². The fourth-order valence-electron chi connectivity index (χ4n) is 3.71. The molecule has 3 saturated heterocycles. The average molecular weight is 362 g/mol. The average Bonchev–Trinajstić information content (AvgIpc) is 3.24. The van der Waals surface area contributed by atoms with Crippen molar-refractivity contribution in [1.29, 1.82) is 0 Å². The quantitative estimate of drug-likeness (QED) is 0.772. The molecule has 0 radical (unpaired) electrons. The number of alkyl halides is 2. The number of piperidine rings is 1. The third-order valence-corrected chi connectivity index (χ3v) is 5.65. The minimum Gasteiger partial charge on any atom is -0.423 e. The number of hydrogen-bond donors (Lipinski definition) is 1. The van der Waals surface area contributed by atoms with Crippen LogP contribution in [-0.2, 0) is 6.42 Å². The number of thiazole rings is 1. The summed E-state index contributed by atoms with van der Waals surface area (Å²) in [6.45, 7) is 1.67. The van der Waals surface area contributed by atoms with Gasteiger partial charge in [0.05, 0.1) is 5.56 Å². The van der Waals surface area contributed by atoms with Gasteiger partial charge in [0, 0.05) is 43.2 Å². The van der Waals surface area contributed by atoms with Crippen LogP contribution in [0.1, 0.15) is 12.0 Å². The van der Waals surface area contributed by atoms with E-state index >= 15 is 0 Å². The number of piperazine rings is 1. The standard InChI is InChI=1S/C17H16F2N4OS/c18-13(19)5-9-1-2-12(16-20-3-4-25-16)15-14(9)22-17(24-15)23-7-10-6-11(8-23)21-10/h1-4,10-11,13,21H,5-8H2. The van der Waals surface area contributed by atoms with E-state index in [9.17, 15) is 8.78 Å². The van der Waals surface area contributed by atoms with E-state index in [1.54, 1.807) is 12.3 Å². The summed E-state index contributed by atoms with van der Waals surface area (Å²) in [7, 11) is 0. The third-order valence-electron chi connectivity index (χ3n) is 4.85. The molecule has 5 heterocycles. The molecule has 3 aromatic rings. The molecule has 5 nitrogen and oxygen atoms in total. The summed E-state index contributed by atoms with van der Waals surface area (Å²) >= 11 is 1.49. The highest BCUT2D eigenvalue weighted by Gasteiger charge is 2.38. The lowest BCUT2D eigenvalue weighted by atomic mass is 9.92. The fourth-order valence-corrected chi connectivity index (χ4v) is 4.37. The van der Waals surface area contributed by atoms with Crippen LogP contribution in [0.15, 0.2) is 28.1 Å². The largest absolute Gasteiger partial charge is 0.423 e. The maximum Gasteiger partial charge on any atom is 0.298 e. The second-order valence-corrected chi connectivity index (χ2v) is 7.47. The zero-order valence-corrected chi connectivity index (χ0v) is 14.1. The van der Waals surface area contributed by atoms with Crippen LogP contribution in [0, 0.1) is 0 Å². The maximum absolute atomic E-state index is 13.0. The highest BCUT2D eigenvalue weighted by atomic mass is 32.1. The van der Waals surface area contributed by atoms with Crippen LogP contribution in [0.5, 0.6) is 0 Å². The number of oxazole rings is 1. The molecule has 2 bridgehead atoms. The SMILES string of the molecule is FC(F)Cc1ccc(-c2nccs2)c2oc(N3CC4CC(C3)N4)nc12. The van der Waals surface area contributed by atoms with E-state index < -0.39 is 6.43 Å². The molecular formula is C17H16F2N4OS. The van der Waals surface area contributed by atoms with Crippen LogP contribution in [0.3, 0.4) is 0 Å². The molecule has 1 N–H and O–H groups in total. The Morgan fingerprint density at radius 1 is 1.32 bits per heavy atom. The summed E-state index contributed by atoms with van der Waals surface area (Å²) in [6.07, 6.45) is 0.159. The van der Waals surface area contributed by atoms with Crippen molar-refractivity contribution < 1.29 is 13.2 Å². The van der Waals surface area contributed by atoms with Gasteiger partial charge in [0.15, 0.2) is 5.58 Å². The van der Waals surface area contributed by atoms with Gasteiger partial charge in [-0.1, -0.05) is 6.07 Å². The second kappa shape index (κ2) is 5.74. The van der Waals surface area contributed by atoms with Gasteiger partial charge in [-0.15, -0.1) is 11.3 Å². The van der Waals surface area contributed by atoms with Crippen molar-refractivity contribution in [3.05, 3.63) is 29.3 Å². The number of anilines is 1. The maximum atomic E-state index is 13.0. The highest BCUT2D eigenvalue weighted by molar-refractivity contribution is 7.13. The highest BCUT2D eigenvalue weighted by Crippen LogP contribution is 2.36. The molecule has 2 unspecified atom stereocenters. The van der Waals surface area contributed by atoms with Gasteiger partial charge in [-0.3, -0.25) is 0 Å². The number of halogens is 2. The van der Waals surface area contributed by atoms with Crippen molar-refractivity contribution in [2.24, 2.45) is 0 Å². The molecule has 3 fully saturated rings. The number of nitrogens with zero attached hydrogens (tertiary/aromatic N) is 3. The molecule has 0 aliphatic carbocycles. The van der Waals surface area contributed by atoms with E-state index in [4.69, 9.17) is 4.42 Å². The Bertz CT molecular complexity index is 895. The van der Waals surface area contributed by atoms with Gasteiger partial charge in [-0.2, -0.15) is 4.98 Å². The monoisotopic (exact) mass is 362 g/mol. The number of aromatic nitrogens is 2. The molecule has 3 aliphatic heterocycles. The number of fused-ring (bicyclic) bond motifs is 3. The molecule has 0 saturated carbocycles. The number of hydrogen-bond acceptors (Lipinski definition) is 6. The van der Waals surface area contributed by atoms with Crippen LogP contribution >= 0.6 is 11.3 Å². The van der Waals surface area contributed by atoms with Crippen LogP contribution in [0.4, 0.5) is 14.8 Å². The Morgan fingerprint density at radius 3 is 2.80 bits per heavy atom. The van der Waals surface area contributed by atoms with E-state index in [-0.39, 0.29) is 6.42 Å². The summed E-state index contributed by atoms with van der Waals surface area (Å²) < 4.78 is 32.0. The first-order valence-corrected chi connectivity index (χ1v) is 9.17. The molecule has 25 heavy (non-hydrogen) atoms. The van der Waals surface area contributed by atoms with Gasteiger partial charge in [0.2, 0.25) is 6.43 Å². The summed E-state index contributed by atoms with van der Waals surface area (Å²) in [5.41, 5.74) is 2.40. The number of benzene rings is 1. The van der Waals surface area contributed by atoms with E-state index in [2.05, 4.69) is 20.2 Å². The number of rotatable bonds is 4. The van der Waals surface area contributed by atoms with Gasteiger partial charge in [-0.25, -0.2) is 13.8 Å². The van der Waals surface area contributed by atoms with Crippen LogP contribution in [-0.4, -0.2) is 41.6 Å². The van der Waals surface area contributed by atoms with Crippen LogP contribution < -0.4 is 10.2 Å². The van der Waals surface area contributed by atoms with Crippen molar-refractivity contribution in [1.82, 2.24) is 15.3 Å². The fraction of sp³-hybridized carbons (Fsp3) is 0.412. The summed E-state index contributed by atoms with van der Waals surface area (Å²) in [6, 6.07) is 4.97. The van der Waals surface area contributed by atoms with Gasteiger partial charge in [0.25, 0.3) is 6.01 Å². The number of nitrogens with one attached hydrogen (secondary N) is 1. The molecular weight excluding hydrogens is 346 g/mol. The molecule has 1 aromatic carbocycles. The molecule has 3 aliphatic rings. The van der Waals surface area contributed by atoms with Gasteiger partial charge < -0.3 is 14.6 Å². The minimum absolute atomic E-state index is 0.326. The van der Waals surface area contributed by atoms with E-state index in [0.29, 0.717) is 34.8 Å². The molecule has 2 aromatic heterocycles. The summed E-state index contributed by atoms with van der Waals surface area (Å²) in [4.78, 5) is 11.0. The molecule has 0 amide bonds. The Balaban J connectivity index is 1.61. The molecule has 8 heteroatoms. The summed E-state index contributed by atoms with van der Waals surface area (Å²) in [5, 5.41) is 6.15. The Hall–Kier alpha value is -2.06. The molecule has 0 spiro atoms. The zero-order valence-electron chi connectivity index (χ0n) is 13.3. The topological polar surface area (TPSA) is 54.2 Å². The summed E-state index contributed by atoms with van der Waals surface area (Å²) in [5.74, 6) is 0. The zero-order chi connectivity index (χ0) is 17.0. The lowest BCUT2D eigenvalue weighted by Gasteiger charge is -2.47. The van der Waals surface area contributed by atoms with Crippen LogP contribution in [0.2, 0.25) is 0 Å². The van der Waals surface area contributed by atoms with E-state index in [1.807, 2.05) is 11.4 Å². The van der Waals surface area contributed by atoms with Crippen molar-refractivity contribution in [3.63, 3.8) is 0 Å². The Morgan fingerprint density at radius 2 is 2.12 bits per heavy atom. The van der Waals surface area contributed by atoms with Gasteiger partial charge >= 0.3 is 0 Å². The Labute approximate surface area is 146 Å². The van der Waals surface area contributed by atoms with Crippen molar-refractivity contribution in [2.75, 3.05) is 18.0 Å². The molecule has 130 valence electrons. The lowest BCUT2D eigenvalue weighted by molar-refractivity contribution is 0.149. The Kier molecular flexibility index (Phi) is 3.49. The van der Waals surface area contributed by atoms with Crippen LogP contribution in [0.25, 0.3) is 21.7 Å². The first kappa shape index (κ1) is 15.2. The first-order valence-electron chi connectivity index (χ1n) is 8.29. The predicted octanol–water partition coefficient (Wildman–Crippen LogP) is 3.31. The lowest BCUT2D eigenvalue weighted by Crippen LogP contribution is -2.67. The molecule has 2 atom stereocenters. The first-order chi connectivity index (χ1) is 12.2. The van der Waals surface area contributed by atoms with Gasteiger partial charge in [0.1, 0.15) is 10.5 Å². The van der Waals surface area contributed by atoms with Crippen molar-refractivity contribution in [2.45, 2.75) is 31.4 Å². The third kappa shape index (κ3) is 2.60. The van der Waals surface area contributed by atoms with E-state index in [1.165, 1.54) is 17.8 Å². The minimum atomic E-state index is -2.42. The normalized spacial score (nSPS) is 22.6. The van der Waals surface area contributed by atoms with Crippen molar-refractivity contribution >= 4 is 28.5 Å². The molecule has 6 rings (SSSR count). The van der Waals surface area contributed by atoms with Gasteiger partial charge in [-0.05, 0) is 18.1 Å². The second-order valence-electron chi connectivity index (χ2n) is 6.58. The smallest absolute Gasteiger partial charge is 0.298 e. The predicted molar refractivity (Wildman–Crippen MR) is 92.4 cm³/mol.